The second kappa shape index (κ2) is 6.72. The largest absolute Gasteiger partial charge is 0.312 e. The molecule has 0 aromatic heterocycles. The number of likely N-dealkylation sites (N-methyl/N-ethyl adjacent to an activating group) is 1. The summed E-state index contributed by atoms with van der Waals surface area (Å²) in [6.07, 6.45) is 3.03. The minimum absolute atomic E-state index is 0.203. The molecule has 1 aliphatic heterocycles. The first-order valence-electron chi connectivity index (χ1n) is 8.04. The molecular weight excluding hydrogens is 336 g/mol. The maximum absolute atomic E-state index is 13.3. The van der Waals surface area contributed by atoms with Crippen LogP contribution in [0.5, 0.6) is 0 Å². The molecule has 0 fully saturated rings. The maximum atomic E-state index is 13.3. The average Bonchev–Trinajstić information content (AvgIpc) is 2.63. The molecule has 25 heavy (non-hydrogen) atoms. The fourth-order valence-corrected chi connectivity index (χ4v) is 4.64. The Morgan fingerprint density at radius 1 is 1.08 bits per heavy atom. The molecule has 2 aromatic rings. The van der Waals surface area contributed by atoms with Crippen LogP contribution in [-0.4, -0.2) is 27.9 Å². The molecule has 0 aliphatic carbocycles. The standard InChI is InChI=1S/C19H20N2O3S/c1-3-4-9-15-10-5-8-13-18(15)25(23,24)21-14-19(22)20(2)16-11-6-7-12-17(16)21/h3,5-8,10-13H,1,4,9,14H2,2H3. The fraction of sp³-hybridized carbons (Fsp3) is 0.211. The number of hydrogen-bond acceptors (Lipinski definition) is 3. The summed E-state index contributed by atoms with van der Waals surface area (Å²) in [5.74, 6) is -0.258. The van der Waals surface area contributed by atoms with Crippen LogP contribution in [-0.2, 0) is 21.2 Å². The Morgan fingerprint density at radius 3 is 2.44 bits per heavy atom. The predicted molar refractivity (Wildman–Crippen MR) is 99.3 cm³/mol. The Balaban J connectivity index is 2.11. The number of amides is 1. The van der Waals surface area contributed by atoms with Crippen LogP contribution in [0.25, 0.3) is 0 Å². The summed E-state index contributed by atoms with van der Waals surface area (Å²) in [7, 11) is -2.19. The molecule has 0 saturated carbocycles. The highest BCUT2D eigenvalue weighted by molar-refractivity contribution is 7.93. The van der Waals surface area contributed by atoms with Crippen molar-refractivity contribution in [3.63, 3.8) is 0 Å². The lowest BCUT2D eigenvalue weighted by molar-refractivity contribution is -0.117. The summed E-state index contributed by atoms with van der Waals surface area (Å²) in [4.78, 5) is 14.0. The zero-order valence-electron chi connectivity index (χ0n) is 14.1. The maximum Gasteiger partial charge on any atom is 0.265 e. The summed E-state index contributed by atoms with van der Waals surface area (Å²) in [5.41, 5.74) is 1.83. The predicted octanol–water partition coefficient (Wildman–Crippen LogP) is 2.98. The second-order valence-electron chi connectivity index (χ2n) is 5.89. The van der Waals surface area contributed by atoms with Gasteiger partial charge in [0.2, 0.25) is 5.91 Å². The van der Waals surface area contributed by atoms with Crippen LogP contribution in [0.2, 0.25) is 0 Å². The van der Waals surface area contributed by atoms with Crippen LogP contribution in [0.3, 0.4) is 0 Å². The van der Waals surface area contributed by atoms with Gasteiger partial charge in [0.15, 0.2) is 0 Å². The van der Waals surface area contributed by atoms with Gasteiger partial charge in [-0.15, -0.1) is 6.58 Å². The van der Waals surface area contributed by atoms with Crippen molar-refractivity contribution in [2.75, 3.05) is 22.8 Å². The average molecular weight is 356 g/mol. The Bertz CT molecular complexity index is 922. The molecule has 0 saturated heterocycles. The number of para-hydroxylation sites is 2. The van der Waals surface area contributed by atoms with Gasteiger partial charge in [-0.1, -0.05) is 36.4 Å². The molecule has 0 radical (unpaired) electrons. The first-order valence-corrected chi connectivity index (χ1v) is 9.48. The molecule has 0 bridgehead atoms. The van der Waals surface area contributed by atoms with Crippen molar-refractivity contribution in [2.45, 2.75) is 17.7 Å². The molecule has 0 unspecified atom stereocenters. The minimum Gasteiger partial charge on any atom is -0.312 e. The number of rotatable bonds is 5. The van der Waals surface area contributed by atoms with E-state index in [0.717, 1.165) is 5.56 Å². The highest BCUT2D eigenvalue weighted by Gasteiger charge is 2.35. The van der Waals surface area contributed by atoms with Crippen LogP contribution in [0.1, 0.15) is 12.0 Å². The molecule has 0 N–H and O–H groups in total. The Hall–Kier alpha value is -2.60. The molecular formula is C19H20N2O3S. The lowest BCUT2D eigenvalue weighted by Gasteiger charge is -2.34. The number of sulfonamides is 1. The van der Waals surface area contributed by atoms with Crippen LogP contribution in [0.15, 0.2) is 66.1 Å². The number of benzene rings is 2. The molecule has 2 aromatic carbocycles. The van der Waals surface area contributed by atoms with Gasteiger partial charge in [-0.05, 0) is 36.6 Å². The van der Waals surface area contributed by atoms with E-state index in [4.69, 9.17) is 0 Å². The molecule has 130 valence electrons. The van der Waals surface area contributed by atoms with Gasteiger partial charge in [0, 0.05) is 7.05 Å². The number of carbonyl (C=O) groups is 1. The molecule has 6 heteroatoms. The van der Waals surface area contributed by atoms with Gasteiger partial charge < -0.3 is 4.90 Å². The van der Waals surface area contributed by atoms with Crippen molar-refractivity contribution in [1.82, 2.24) is 0 Å². The van der Waals surface area contributed by atoms with E-state index in [1.165, 1.54) is 9.21 Å². The summed E-state index contributed by atoms with van der Waals surface area (Å²) in [6, 6.07) is 14.0. The van der Waals surface area contributed by atoms with Gasteiger partial charge >= 0.3 is 0 Å². The van der Waals surface area contributed by atoms with Gasteiger partial charge in [0.1, 0.15) is 6.54 Å². The van der Waals surface area contributed by atoms with E-state index in [1.54, 1.807) is 55.6 Å². The lowest BCUT2D eigenvalue weighted by Crippen LogP contribution is -2.46. The third-order valence-corrected chi connectivity index (χ3v) is 6.18. The number of carbonyl (C=O) groups excluding carboxylic acids is 1. The highest BCUT2D eigenvalue weighted by atomic mass is 32.2. The van der Waals surface area contributed by atoms with Crippen molar-refractivity contribution < 1.29 is 13.2 Å². The van der Waals surface area contributed by atoms with E-state index in [-0.39, 0.29) is 17.3 Å². The smallest absolute Gasteiger partial charge is 0.265 e. The van der Waals surface area contributed by atoms with Crippen molar-refractivity contribution in [3.05, 3.63) is 66.7 Å². The van der Waals surface area contributed by atoms with E-state index in [2.05, 4.69) is 6.58 Å². The molecule has 1 amide bonds. The Morgan fingerprint density at radius 2 is 1.72 bits per heavy atom. The molecule has 1 heterocycles. The molecule has 5 nitrogen and oxygen atoms in total. The van der Waals surface area contributed by atoms with Crippen molar-refractivity contribution in [3.8, 4) is 0 Å². The SMILES string of the molecule is C=CCCc1ccccc1S(=O)(=O)N1CC(=O)N(C)c2ccccc21. The second-order valence-corrected chi connectivity index (χ2v) is 7.72. The summed E-state index contributed by atoms with van der Waals surface area (Å²) >= 11 is 0. The topological polar surface area (TPSA) is 57.7 Å². The van der Waals surface area contributed by atoms with E-state index in [1.807, 2.05) is 6.07 Å². The number of aryl methyl sites for hydroxylation is 1. The number of hydrogen-bond donors (Lipinski definition) is 0. The van der Waals surface area contributed by atoms with Crippen molar-refractivity contribution >= 4 is 27.3 Å². The van der Waals surface area contributed by atoms with E-state index in [9.17, 15) is 13.2 Å². The molecule has 3 rings (SSSR count). The van der Waals surface area contributed by atoms with Gasteiger partial charge in [-0.2, -0.15) is 0 Å². The number of anilines is 2. The lowest BCUT2D eigenvalue weighted by atomic mass is 10.1. The summed E-state index contributed by atoms with van der Waals surface area (Å²) < 4.78 is 27.8. The molecule has 0 atom stereocenters. The molecule has 1 aliphatic rings. The zero-order chi connectivity index (χ0) is 18.0. The van der Waals surface area contributed by atoms with E-state index in [0.29, 0.717) is 24.2 Å². The van der Waals surface area contributed by atoms with Gasteiger partial charge in [-0.25, -0.2) is 8.42 Å². The van der Waals surface area contributed by atoms with Crippen molar-refractivity contribution in [1.29, 1.82) is 0 Å². The quantitative estimate of drug-likeness (QED) is 0.774. The third kappa shape index (κ3) is 3.05. The number of nitrogens with zero attached hydrogens (tertiary/aromatic N) is 2. The van der Waals surface area contributed by atoms with Crippen molar-refractivity contribution in [2.24, 2.45) is 0 Å². The fourth-order valence-electron chi connectivity index (χ4n) is 2.96. The normalized spacial score (nSPS) is 14.4. The molecule has 0 spiro atoms. The Labute approximate surface area is 148 Å². The third-order valence-electron chi connectivity index (χ3n) is 4.32. The Kier molecular flexibility index (Phi) is 4.63. The van der Waals surface area contributed by atoms with Crippen LogP contribution in [0.4, 0.5) is 11.4 Å². The zero-order valence-corrected chi connectivity index (χ0v) is 14.9. The van der Waals surface area contributed by atoms with Gasteiger partial charge in [-0.3, -0.25) is 9.10 Å². The first kappa shape index (κ1) is 17.2. The monoisotopic (exact) mass is 356 g/mol. The number of fused-ring (bicyclic) bond motifs is 1. The summed E-state index contributed by atoms with van der Waals surface area (Å²) in [6.45, 7) is 3.49. The van der Waals surface area contributed by atoms with Crippen LogP contribution in [0, 0.1) is 0 Å². The van der Waals surface area contributed by atoms with E-state index < -0.39 is 10.0 Å². The highest BCUT2D eigenvalue weighted by Crippen LogP contribution is 2.36. The van der Waals surface area contributed by atoms with E-state index >= 15 is 0 Å². The van der Waals surface area contributed by atoms with Gasteiger partial charge in [0.25, 0.3) is 10.0 Å². The first-order chi connectivity index (χ1) is 12.0. The summed E-state index contributed by atoms with van der Waals surface area (Å²) in [5, 5.41) is 0. The van der Waals surface area contributed by atoms with Crippen LogP contribution < -0.4 is 9.21 Å². The van der Waals surface area contributed by atoms with Crippen LogP contribution >= 0.6 is 0 Å². The van der Waals surface area contributed by atoms with Gasteiger partial charge in [0.05, 0.1) is 16.3 Å². The minimum atomic E-state index is -3.84. The number of allylic oxidation sites excluding steroid dienone is 1.